The normalized spacial score (nSPS) is 22.4. The maximum absolute atomic E-state index is 13.0. The predicted molar refractivity (Wildman–Crippen MR) is 270 cm³/mol. The van der Waals surface area contributed by atoms with Gasteiger partial charge in [0.1, 0.15) is 43.2 Å². The van der Waals surface area contributed by atoms with Crippen LogP contribution in [-0.4, -0.2) is 114 Å². The van der Waals surface area contributed by atoms with Crippen molar-refractivity contribution in [2.75, 3.05) is 13.2 Å². The van der Waals surface area contributed by atoms with E-state index >= 15 is 0 Å². The van der Waals surface area contributed by atoms with E-state index in [4.69, 9.17) is 18.5 Å². The van der Waals surface area contributed by atoms with Crippen molar-refractivity contribution < 1.29 is 82.0 Å². The van der Waals surface area contributed by atoms with Crippen LogP contribution in [0.15, 0.2) is 109 Å². The van der Waals surface area contributed by atoms with Crippen LogP contribution < -0.4 is 0 Å². The molecule has 0 radical (unpaired) electrons. The number of ether oxygens (including phenoxy) is 2. The largest absolute Gasteiger partial charge is 0.472 e. The third kappa shape index (κ3) is 34.1. The van der Waals surface area contributed by atoms with Crippen LogP contribution in [0.25, 0.3) is 0 Å². The molecule has 0 aromatic heterocycles. The summed E-state index contributed by atoms with van der Waals surface area (Å²) in [4.78, 5) is 54.3. The van der Waals surface area contributed by atoms with E-state index in [-0.39, 0.29) is 25.7 Å². The van der Waals surface area contributed by atoms with Crippen LogP contribution in [0.3, 0.4) is 0 Å². The fourth-order valence-electron chi connectivity index (χ4n) is 6.62. The molecule has 9 atom stereocenters. The van der Waals surface area contributed by atoms with E-state index in [1.165, 1.54) is 38.5 Å². The van der Waals surface area contributed by atoms with E-state index in [1.54, 1.807) is 24.3 Å². The Labute approximate surface area is 415 Å². The zero-order valence-corrected chi connectivity index (χ0v) is 42.8. The van der Waals surface area contributed by atoms with Gasteiger partial charge in [0.2, 0.25) is 0 Å². The second-order valence-electron chi connectivity index (χ2n) is 16.6. The molecule has 70 heavy (non-hydrogen) atoms. The van der Waals surface area contributed by atoms with Crippen LogP contribution in [0.5, 0.6) is 0 Å². The lowest BCUT2D eigenvalue weighted by atomic mass is 9.85. The number of phosphoric ester groups is 2. The lowest BCUT2D eigenvalue weighted by Crippen LogP contribution is -2.64. The molecular formula is C51H82O17P2. The smallest absolute Gasteiger partial charge is 0.462 e. The quantitative estimate of drug-likeness (QED) is 0.00940. The van der Waals surface area contributed by atoms with Crippen LogP contribution >= 0.6 is 15.6 Å². The minimum atomic E-state index is -5.40. The SMILES string of the molecule is CC/C=C\C/C=C\C/C=C\C/C=C\C=C/C(O)C/C=C\CCC(=O)O[C@H](COC(=O)CCC/C=C\C/C=C\C/C=C\CCCCCCCC)COP(=O)(O)O[C@H]1C(O)C(O)C(O)[C@@H](OP(=O)(O)O)C1O. The van der Waals surface area contributed by atoms with E-state index in [0.29, 0.717) is 12.8 Å². The summed E-state index contributed by atoms with van der Waals surface area (Å²) >= 11 is 0. The average molecular weight is 1030 g/mol. The molecule has 0 aromatic rings. The highest BCUT2D eigenvalue weighted by molar-refractivity contribution is 7.47. The number of allylic oxidation sites excluding steroid dienone is 16. The Balaban J connectivity index is 2.72. The van der Waals surface area contributed by atoms with Gasteiger partial charge in [-0.15, -0.1) is 0 Å². The highest BCUT2D eigenvalue weighted by Gasteiger charge is 2.54. The van der Waals surface area contributed by atoms with Gasteiger partial charge in [-0.3, -0.25) is 23.2 Å². The highest BCUT2D eigenvalue weighted by atomic mass is 31.2. The number of carbonyl (C=O) groups is 2. The van der Waals surface area contributed by atoms with Gasteiger partial charge in [-0.1, -0.05) is 155 Å². The fourth-order valence-corrected chi connectivity index (χ4v) is 8.16. The molecule has 1 aliphatic carbocycles. The zero-order valence-electron chi connectivity index (χ0n) is 41.0. The van der Waals surface area contributed by atoms with E-state index < -0.39 is 89.6 Å². The first kappa shape index (κ1) is 64.6. The number of hydrogen-bond donors (Lipinski definition) is 8. The Morgan fingerprint density at radius 1 is 0.543 bits per heavy atom. The number of esters is 2. The molecule has 0 heterocycles. The minimum absolute atomic E-state index is 0.00542. The van der Waals surface area contributed by atoms with Gasteiger partial charge < -0.3 is 49.7 Å². The Kier molecular flexibility index (Phi) is 37.1. The molecule has 6 unspecified atom stereocenters. The molecule has 1 rings (SSSR count). The van der Waals surface area contributed by atoms with Gasteiger partial charge in [0.15, 0.2) is 6.10 Å². The second-order valence-corrected chi connectivity index (χ2v) is 19.2. The topological polar surface area (TPSA) is 276 Å². The average Bonchev–Trinajstić information content (AvgIpc) is 3.31. The molecule has 0 amide bonds. The van der Waals surface area contributed by atoms with E-state index in [9.17, 15) is 58.9 Å². The van der Waals surface area contributed by atoms with Crippen molar-refractivity contribution in [1.82, 2.24) is 0 Å². The van der Waals surface area contributed by atoms with Crippen molar-refractivity contribution in [1.29, 1.82) is 0 Å². The molecule has 17 nitrogen and oxygen atoms in total. The van der Waals surface area contributed by atoms with Crippen molar-refractivity contribution in [3.8, 4) is 0 Å². The van der Waals surface area contributed by atoms with Crippen LogP contribution in [-0.2, 0) is 41.8 Å². The predicted octanol–water partition coefficient (Wildman–Crippen LogP) is 8.70. The third-order valence-electron chi connectivity index (χ3n) is 10.4. The number of unbranched alkanes of at least 4 members (excludes halogenated alkanes) is 7. The van der Waals surface area contributed by atoms with Crippen molar-refractivity contribution in [2.45, 2.75) is 185 Å². The summed E-state index contributed by atoms with van der Waals surface area (Å²) in [5.74, 6) is -1.46. The molecule has 8 N–H and O–H groups in total. The van der Waals surface area contributed by atoms with Crippen LogP contribution in [0.4, 0.5) is 0 Å². The van der Waals surface area contributed by atoms with Crippen molar-refractivity contribution in [3.05, 3.63) is 109 Å². The summed E-state index contributed by atoms with van der Waals surface area (Å²) in [6, 6.07) is 0. The number of aliphatic hydroxyl groups is 5. The Bertz CT molecular complexity index is 1780. The number of hydrogen-bond acceptors (Lipinski definition) is 14. The van der Waals surface area contributed by atoms with Gasteiger partial charge in [-0.05, 0) is 77.0 Å². The summed E-state index contributed by atoms with van der Waals surface area (Å²) in [7, 11) is -10.8. The molecular weight excluding hydrogens is 946 g/mol. The summed E-state index contributed by atoms with van der Waals surface area (Å²) < 4.78 is 49.2. The summed E-state index contributed by atoms with van der Waals surface area (Å²) in [5.41, 5.74) is 0. The van der Waals surface area contributed by atoms with E-state index in [0.717, 1.165) is 44.9 Å². The molecule has 0 spiro atoms. The lowest BCUT2D eigenvalue weighted by molar-refractivity contribution is -0.216. The molecule has 1 aliphatic rings. The maximum atomic E-state index is 13.0. The maximum Gasteiger partial charge on any atom is 0.472 e. The van der Waals surface area contributed by atoms with Crippen LogP contribution in [0.1, 0.15) is 136 Å². The molecule has 1 fully saturated rings. The highest BCUT2D eigenvalue weighted by Crippen LogP contribution is 2.49. The first-order valence-corrected chi connectivity index (χ1v) is 27.6. The molecule has 0 saturated heterocycles. The van der Waals surface area contributed by atoms with Gasteiger partial charge >= 0.3 is 27.6 Å². The molecule has 19 heteroatoms. The summed E-state index contributed by atoms with van der Waals surface area (Å²) in [5, 5.41) is 51.5. The molecule has 0 aromatic carbocycles. The number of aliphatic hydroxyl groups excluding tert-OH is 5. The second kappa shape index (κ2) is 40.1. The molecule has 1 saturated carbocycles. The standard InChI is InChI=1S/C51H82O17P2/c1-3-5-7-9-11-13-15-17-18-19-20-22-24-26-28-30-34-38-44(53)64-40-43(41-65-70(62,63)68-51-48(57)46(55)47(56)50(49(51)58)67-69(59,60)61)66-45(54)39-35-31-33-37-42(52)36-32-29-27-25-23-21-16-14-12-10-8-6-4-2/h6,8,12,14,17-18,20-23,26-29,31-33,36,42-43,46-52,55-58H,3-5,7,9-11,13,15-16,19,24-25,30,34-35,37-41H2,1-2H3,(H,62,63)(H2,59,60,61)/b8-6-,14-12-,18-17-,22-20-,23-21-,28-26-,29-27-,33-31-,36-32-/t42?,43-,46?,47?,48?,49?,50-,51+/m1/s1. The third-order valence-corrected chi connectivity index (χ3v) is 11.9. The Morgan fingerprint density at radius 3 is 1.67 bits per heavy atom. The minimum Gasteiger partial charge on any atom is -0.462 e. The van der Waals surface area contributed by atoms with Gasteiger partial charge in [0, 0.05) is 12.8 Å². The summed E-state index contributed by atoms with van der Waals surface area (Å²) in [6.45, 7) is 2.79. The fraction of sp³-hybridized carbons (Fsp3) is 0.608. The number of phosphoric acid groups is 2. The van der Waals surface area contributed by atoms with Crippen molar-refractivity contribution in [3.63, 3.8) is 0 Å². The summed E-state index contributed by atoms with van der Waals surface area (Å²) in [6.07, 6.45) is 35.0. The number of carbonyl (C=O) groups excluding carboxylic acids is 2. The Morgan fingerprint density at radius 2 is 1.07 bits per heavy atom. The Hall–Kier alpha value is -3.38. The van der Waals surface area contributed by atoms with Gasteiger partial charge in [0.05, 0.1) is 12.7 Å². The molecule has 0 bridgehead atoms. The monoisotopic (exact) mass is 1030 g/mol. The van der Waals surface area contributed by atoms with Crippen molar-refractivity contribution in [2.24, 2.45) is 0 Å². The van der Waals surface area contributed by atoms with Gasteiger partial charge in [-0.25, -0.2) is 9.13 Å². The van der Waals surface area contributed by atoms with Gasteiger partial charge in [0.25, 0.3) is 0 Å². The lowest BCUT2D eigenvalue weighted by Gasteiger charge is -2.43. The van der Waals surface area contributed by atoms with Crippen LogP contribution in [0.2, 0.25) is 0 Å². The van der Waals surface area contributed by atoms with E-state index in [1.807, 2.05) is 24.3 Å². The molecule has 0 aliphatic heterocycles. The van der Waals surface area contributed by atoms with Crippen molar-refractivity contribution >= 4 is 27.6 Å². The van der Waals surface area contributed by atoms with Crippen LogP contribution in [0, 0.1) is 0 Å². The first-order chi connectivity index (χ1) is 33.5. The number of rotatable bonds is 39. The van der Waals surface area contributed by atoms with E-state index in [2.05, 4.69) is 79.1 Å². The zero-order chi connectivity index (χ0) is 51.9. The van der Waals surface area contributed by atoms with Gasteiger partial charge in [-0.2, -0.15) is 0 Å². The first-order valence-electron chi connectivity index (χ1n) is 24.5. The molecule has 398 valence electrons.